The van der Waals surface area contributed by atoms with Gasteiger partial charge in [-0.15, -0.1) is 0 Å². The van der Waals surface area contributed by atoms with E-state index in [0.717, 1.165) is 0 Å². The van der Waals surface area contributed by atoms with Gasteiger partial charge in [-0.25, -0.2) is 0 Å². The van der Waals surface area contributed by atoms with Crippen molar-refractivity contribution in [3.63, 3.8) is 0 Å². The van der Waals surface area contributed by atoms with E-state index in [-0.39, 0.29) is 36.0 Å². The Balaban J connectivity index is 2.17. The zero-order valence-corrected chi connectivity index (χ0v) is 16.3. The van der Waals surface area contributed by atoms with Gasteiger partial charge in [0, 0.05) is 19.2 Å². The summed E-state index contributed by atoms with van der Waals surface area (Å²) in [5.74, 6) is -1.54. The van der Waals surface area contributed by atoms with Gasteiger partial charge in [0.15, 0.2) is 11.5 Å². The van der Waals surface area contributed by atoms with Gasteiger partial charge in [-0.05, 0) is 24.6 Å². The van der Waals surface area contributed by atoms with Crippen LogP contribution in [0.25, 0.3) is 5.76 Å². The topological polar surface area (TPSA) is 96.3 Å². The number of carbonyl (C=O) groups excluding carboxylic acids is 2. The molecule has 0 aromatic heterocycles. The molecule has 0 radical (unpaired) electrons. The average molecular weight is 397 g/mol. The number of Topliss-reactive ketones (excluding diaryl/α,β-unsaturated/α-hetero) is 1. The third-order valence-electron chi connectivity index (χ3n) is 4.72. The molecule has 1 atom stereocenters. The van der Waals surface area contributed by atoms with Crippen molar-refractivity contribution in [2.24, 2.45) is 0 Å². The number of aliphatic hydroxyl groups is 1. The largest absolute Gasteiger partial charge is 0.507 e. The Morgan fingerprint density at radius 2 is 1.86 bits per heavy atom. The number of rotatable bonds is 7. The molecule has 0 saturated carbocycles. The van der Waals surface area contributed by atoms with E-state index in [1.807, 2.05) is 0 Å². The SMILES string of the molecule is CCOc1cc([C@@H]2/C(=C(\O)c3ccccc3)C(=O)C(=O)N2CCOC)ccc1O. The monoisotopic (exact) mass is 397 g/mol. The molecule has 1 fully saturated rings. The van der Waals surface area contributed by atoms with Crippen molar-refractivity contribution in [1.82, 2.24) is 4.90 Å². The van der Waals surface area contributed by atoms with Crippen LogP contribution in [-0.4, -0.2) is 53.7 Å². The van der Waals surface area contributed by atoms with Crippen LogP contribution < -0.4 is 4.74 Å². The number of phenolic OH excluding ortho intramolecular Hbond substituents is 1. The third-order valence-corrected chi connectivity index (χ3v) is 4.72. The molecule has 0 bridgehead atoms. The molecule has 1 amide bonds. The Kier molecular flexibility index (Phi) is 6.19. The van der Waals surface area contributed by atoms with E-state index in [9.17, 15) is 19.8 Å². The van der Waals surface area contributed by atoms with Gasteiger partial charge in [0.25, 0.3) is 11.7 Å². The maximum Gasteiger partial charge on any atom is 0.295 e. The smallest absolute Gasteiger partial charge is 0.295 e. The van der Waals surface area contributed by atoms with Gasteiger partial charge >= 0.3 is 0 Å². The van der Waals surface area contributed by atoms with Crippen LogP contribution in [0.5, 0.6) is 11.5 Å². The lowest BCUT2D eigenvalue weighted by Gasteiger charge is -2.25. The van der Waals surface area contributed by atoms with Gasteiger partial charge in [-0.2, -0.15) is 0 Å². The molecule has 7 heteroatoms. The Bertz CT molecular complexity index is 938. The molecular weight excluding hydrogens is 374 g/mol. The number of aliphatic hydroxyl groups excluding tert-OH is 1. The first-order valence-corrected chi connectivity index (χ1v) is 9.28. The summed E-state index contributed by atoms with van der Waals surface area (Å²) in [5.41, 5.74) is 0.968. The molecule has 0 unspecified atom stereocenters. The molecule has 2 aromatic carbocycles. The molecule has 1 aliphatic rings. The summed E-state index contributed by atoms with van der Waals surface area (Å²) in [4.78, 5) is 26.9. The van der Waals surface area contributed by atoms with Crippen LogP contribution >= 0.6 is 0 Å². The zero-order valence-electron chi connectivity index (χ0n) is 16.3. The zero-order chi connectivity index (χ0) is 21.0. The van der Waals surface area contributed by atoms with Crippen LogP contribution in [0.15, 0.2) is 54.1 Å². The van der Waals surface area contributed by atoms with Gasteiger partial charge in [-0.3, -0.25) is 9.59 Å². The minimum absolute atomic E-state index is 0.00885. The number of likely N-dealkylation sites (tertiary alicyclic amines) is 1. The van der Waals surface area contributed by atoms with Crippen molar-refractivity contribution >= 4 is 17.4 Å². The Morgan fingerprint density at radius 1 is 1.14 bits per heavy atom. The number of phenols is 1. The van der Waals surface area contributed by atoms with Crippen molar-refractivity contribution in [3.05, 3.63) is 65.2 Å². The number of amides is 1. The van der Waals surface area contributed by atoms with Crippen LogP contribution in [0.2, 0.25) is 0 Å². The molecule has 3 rings (SSSR count). The summed E-state index contributed by atoms with van der Waals surface area (Å²) in [6.07, 6.45) is 0. The molecule has 1 heterocycles. The van der Waals surface area contributed by atoms with Crippen LogP contribution in [0, 0.1) is 0 Å². The molecular formula is C22H23NO6. The lowest BCUT2D eigenvalue weighted by atomic mass is 9.95. The predicted octanol–water partition coefficient (Wildman–Crippen LogP) is 2.86. The molecule has 2 aromatic rings. The average Bonchev–Trinajstić information content (AvgIpc) is 2.98. The van der Waals surface area contributed by atoms with E-state index < -0.39 is 17.7 Å². The number of aromatic hydroxyl groups is 1. The van der Waals surface area contributed by atoms with Crippen molar-refractivity contribution in [2.75, 3.05) is 26.9 Å². The van der Waals surface area contributed by atoms with Gasteiger partial charge in [-0.1, -0.05) is 36.4 Å². The first-order valence-electron chi connectivity index (χ1n) is 9.28. The van der Waals surface area contributed by atoms with E-state index in [4.69, 9.17) is 9.47 Å². The Morgan fingerprint density at radius 3 is 2.52 bits per heavy atom. The normalized spacial score (nSPS) is 18.3. The number of hydrogen-bond acceptors (Lipinski definition) is 6. The fraction of sp³-hybridized carbons (Fsp3) is 0.273. The lowest BCUT2D eigenvalue weighted by molar-refractivity contribution is -0.140. The van der Waals surface area contributed by atoms with E-state index in [0.29, 0.717) is 17.7 Å². The number of methoxy groups -OCH3 is 1. The third kappa shape index (κ3) is 3.95. The van der Waals surface area contributed by atoms with Gasteiger partial charge in [0.1, 0.15) is 5.76 Å². The van der Waals surface area contributed by atoms with Crippen LogP contribution in [0.4, 0.5) is 0 Å². The van der Waals surface area contributed by atoms with E-state index in [1.54, 1.807) is 49.4 Å². The molecule has 152 valence electrons. The second-order valence-corrected chi connectivity index (χ2v) is 6.51. The number of hydrogen-bond donors (Lipinski definition) is 2. The lowest BCUT2D eigenvalue weighted by Crippen LogP contribution is -2.32. The number of ether oxygens (including phenoxy) is 2. The minimum atomic E-state index is -0.829. The molecule has 7 nitrogen and oxygen atoms in total. The Hall–Kier alpha value is -3.32. The summed E-state index contributed by atoms with van der Waals surface area (Å²) in [7, 11) is 1.50. The van der Waals surface area contributed by atoms with Gasteiger partial charge in [0.2, 0.25) is 0 Å². The Labute approximate surface area is 168 Å². The molecule has 0 spiro atoms. The fourth-order valence-electron chi connectivity index (χ4n) is 3.37. The van der Waals surface area contributed by atoms with Crippen LogP contribution in [0.3, 0.4) is 0 Å². The van der Waals surface area contributed by atoms with E-state index in [2.05, 4.69) is 0 Å². The van der Waals surface area contributed by atoms with Gasteiger partial charge in [0.05, 0.1) is 24.8 Å². The van der Waals surface area contributed by atoms with Crippen molar-refractivity contribution in [1.29, 1.82) is 0 Å². The quantitative estimate of drug-likeness (QED) is 0.424. The molecule has 1 saturated heterocycles. The minimum Gasteiger partial charge on any atom is -0.507 e. The van der Waals surface area contributed by atoms with Crippen molar-refractivity contribution in [2.45, 2.75) is 13.0 Å². The molecule has 1 aliphatic heterocycles. The van der Waals surface area contributed by atoms with Crippen molar-refractivity contribution in [3.8, 4) is 11.5 Å². The number of ketones is 1. The van der Waals surface area contributed by atoms with Gasteiger partial charge < -0.3 is 24.6 Å². The fourth-order valence-corrected chi connectivity index (χ4v) is 3.37. The standard InChI is InChI=1S/C22H23NO6/c1-3-29-17-13-15(9-10-16(17)24)19-18(20(25)14-7-5-4-6-8-14)21(26)22(27)23(19)11-12-28-2/h4-10,13,19,24-25H,3,11-12H2,1-2H3/b20-18+/t19-/m1/s1. The number of benzene rings is 2. The first kappa shape index (κ1) is 20.4. The highest BCUT2D eigenvalue weighted by molar-refractivity contribution is 6.46. The second-order valence-electron chi connectivity index (χ2n) is 6.51. The van der Waals surface area contributed by atoms with E-state index in [1.165, 1.54) is 18.1 Å². The summed E-state index contributed by atoms with van der Waals surface area (Å²) in [6, 6.07) is 12.4. The van der Waals surface area contributed by atoms with Crippen LogP contribution in [0.1, 0.15) is 24.1 Å². The molecule has 0 aliphatic carbocycles. The maximum absolute atomic E-state index is 12.8. The summed E-state index contributed by atoms with van der Waals surface area (Å²) in [6.45, 7) is 2.52. The van der Waals surface area contributed by atoms with E-state index >= 15 is 0 Å². The molecule has 2 N–H and O–H groups in total. The number of carbonyl (C=O) groups is 2. The highest BCUT2D eigenvalue weighted by atomic mass is 16.5. The van der Waals surface area contributed by atoms with Crippen molar-refractivity contribution < 1.29 is 29.3 Å². The summed E-state index contributed by atoms with van der Waals surface area (Å²) >= 11 is 0. The first-order chi connectivity index (χ1) is 14.0. The predicted molar refractivity (Wildman–Crippen MR) is 107 cm³/mol. The number of nitrogens with zero attached hydrogens (tertiary/aromatic N) is 1. The highest BCUT2D eigenvalue weighted by Crippen LogP contribution is 2.41. The maximum atomic E-state index is 12.8. The van der Waals surface area contributed by atoms with Crippen LogP contribution in [-0.2, 0) is 14.3 Å². The highest BCUT2D eigenvalue weighted by Gasteiger charge is 2.46. The molecule has 29 heavy (non-hydrogen) atoms. The summed E-state index contributed by atoms with van der Waals surface area (Å²) < 4.78 is 10.5. The second kappa shape index (κ2) is 8.79. The summed E-state index contributed by atoms with van der Waals surface area (Å²) in [5, 5.41) is 20.9.